The van der Waals surface area contributed by atoms with E-state index in [0.717, 1.165) is 12.2 Å². The summed E-state index contributed by atoms with van der Waals surface area (Å²) >= 11 is 1.83. The lowest BCUT2D eigenvalue weighted by Gasteiger charge is -2.08. The molecule has 0 spiro atoms. The van der Waals surface area contributed by atoms with E-state index in [1.807, 2.05) is 11.8 Å². The number of thioether (sulfide) groups is 1. The van der Waals surface area contributed by atoms with Gasteiger partial charge in [0.05, 0.1) is 6.42 Å². The van der Waals surface area contributed by atoms with Gasteiger partial charge >= 0.3 is 5.97 Å². The summed E-state index contributed by atoms with van der Waals surface area (Å²) < 4.78 is 0. The van der Waals surface area contributed by atoms with Crippen molar-refractivity contribution in [2.45, 2.75) is 37.4 Å². The summed E-state index contributed by atoms with van der Waals surface area (Å²) in [7, 11) is 0. The van der Waals surface area contributed by atoms with Crippen molar-refractivity contribution in [2.24, 2.45) is 0 Å². The van der Waals surface area contributed by atoms with Crippen molar-refractivity contribution in [1.29, 1.82) is 0 Å². The smallest absolute Gasteiger partial charge is 0.304 e. The van der Waals surface area contributed by atoms with Crippen molar-refractivity contribution >= 4 is 17.7 Å². The minimum absolute atomic E-state index is 0.352. The summed E-state index contributed by atoms with van der Waals surface area (Å²) in [6, 6.07) is 0. The SMILES string of the molecule is O=C(O)CC1CCCCCS1. The molecule has 11 heavy (non-hydrogen) atoms. The van der Waals surface area contributed by atoms with Gasteiger partial charge < -0.3 is 5.11 Å². The summed E-state index contributed by atoms with van der Waals surface area (Å²) in [4.78, 5) is 10.4. The molecule has 1 fully saturated rings. The van der Waals surface area contributed by atoms with Gasteiger partial charge in [-0.25, -0.2) is 0 Å². The van der Waals surface area contributed by atoms with Crippen molar-refractivity contribution in [2.75, 3.05) is 5.75 Å². The van der Waals surface area contributed by atoms with Gasteiger partial charge in [-0.1, -0.05) is 12.8 Å². The number of carboxylic acid groups (broad SMARTS) is 1. The summed E-state index contributed by atoms with van der Waals surface area (Å²) in [6.45, 7) is 0. The third-order valence-electron chi connectivity index (χ3n) is 1.93. The van der Waals surface area contributed by atoms with Gasteiger partial charge in [0.2, 0.25) is 0 Å². The molecule has 0 aromatic carbocycles. The summed E-state index contributed by atoms with van der Waals surface area (Å²) in [5.74, 6) is 0.502. The Morgan fingerprint density at radius 2 is 2.27 bits per heavy atom. The largest absolute Gasteiger partial charge is 0.481 e. The fourth-order valence-electron chi connectivity index (χ4n) is 1.34. The van der Waals surface area contributed by atoms with E-state index in [4.69, 9.17) is 5.11 Å². The van der Waals surface area contributed by atoms with Gasteiger partial charge in [0.1, 0.15) is 0 Å². The molecule has 1 saturated heterocycles. The Morgan fingerprint density at radius 1 is 1.45 bits per heavy atom. The second-order valence-electron chi connectivity index (χ2n) is 2.94. The Bertz CT molecular complexity index is 128. The average Bonchev–Trinajstić information content (AvgIpc) is 2.14. The molecule has 1 aliphatic rings. The van der Waals surface area contributed by atoms with Gasteiger partial charge in [0, 0.05) is 5.25 Å². The highest BCUT2D eigenvalue weighted by molar-refractivity contribution is 7.99. The maximum atomic E-state index is 10.4. The van der Waals surface area contributed by atoms with Crippen LogP contribution in [0.15, 0.2) is 0 Å². The Hall–Kier alpha value is -0.180. The van der Waals surface area contributed by atoms with E-state index in [0.29, 0.717) is 11.7 Å². The van der Waals surface area contributed by atoms with Gasteiger partial charge in [-0.3, -0.25) is 4.79 Å². The fraction of sp³-hybridized carbons (Fsp3) is 0.875. The van der Waals surface area contributed by atoms with E-state index in [9.17, 15) is 4.79 Å². The fourth-order valence-corrected chi connectivity index (χ4v) is 2.64. The quantitative estimate of drug-likeness (QED) is 0.697. The number of rotatable bonds is 2. The van der Waals surface area contributed by atoms with Crippen LogP contribution >= 0.6 is 11.8 Å². The molecule has 1 rings (SSSR count). The minimum Gasteiger partial charge on any atom is -0.481 e. The lowest BCUT2D eigenvalue weighted by molar-refractivity contribution is -0.137. The lowest BCUT2D eigenvalue weighted by atomic mass is 10.1. The predicted molar refractivity (Wildman–Crippen MR) is 47.0 cm³/mol. The van der Waals surface area contributed by atoms with Crippen LogP contribution in [0, 0.1) is 0 Å². The maximum absolute atomic E-state index is 10.4. The van der Waals surface area contributed by atoms with E-state index < -0.39 is 5.97 Å². The van der Waals surface area contributed by atoms with Crippen LogP contribution in [0.1, 0.15) is 32.1 Å². The number of hydrogen-bond acceptors (Lipinski definition) is 2. The van der Waals surface area contributed by atoms with Gasteiger partial charge in [-0.15, -0.1) is 0 Å². The molecular formula is C8H14O2S. The molecule has 1 N–H and O–H groups in total. The number of carboxylic acids is 1. The van der Waals surface area contributed by atoms with Crippen LogP contribution in [-0.2, 0) is 4.79 Å². The molecule has 0 bridgehead atoms. The van der Waals surface area contributed by atoms with Crippen LogP contribution < -0.4 is 0 Å². The van der Waals surface area contributed by atoms with Crippen LogP contribution in [0.4, 0.5) is 0 Å². The van der Waals surface area contributed by atoms with Crippen molar-refractivity contribution in [1.82, 2.24) is 0 Å². The first-order valence-corrected chi connectivity index (χ1v) is 5.17. The minimum atomic E-state index is -0.649. The Morgan fingerprint density at radius 3 is 3.00 bits per heavy atom. The predicted octanol–water partition coefficient (Wildman–Crippen LogP) is 2.14. The molecular weight excluding hydrogens is 160 g/mol. The van der Waals surface area contributed by atoms with Gasteiger partial charge in [0.25, 0.3) is 0 Å². The molecule has 0 aromatic heterocycles. The molecule has 0 aromatic rings. The van der Waals surface area contributed by atoms with Crippen molar-refractivity contribution in [3.8, 4) is 0 Å². The van der Waals surface area contributed by atoms with Crippen LogP contribution in [0.5, 0.6) is 0 Å². The zero-order chi connectivity index (χ0) is 8.10. The third-order valence-corrected chi connectivity index (χ3v) is 3.32. The number of hydrogen-bond donors (Lipinski definition) is 1. The molecule has 0 amide bonds. The number of aliphatic carboxylic acids is 1. The maximum Gasteiger partial charge on any atom is 0.304 e. The number of carbonyl (C=O) groups is 1. The first-order valence-electron chi connectivity index (χ1n) is 4.12. The van der Waals surface area contributed by atoms with E-state index in [1.54, 1.807) is 0 Å². The molecule has 3 heteroatoms. The first kappa shape index (κ1) is 8.91. The molecule has 0 radical (unpaired) electrons. The average molecular weight is 174 g/mol. The van der Waals surface area contributed by atoms with Gasteiger partial charge in [-0.05, 0) is 18.6 Å². The highest BCUT2D eigenvalue weighted by atomic mass is 32.2. The van der Waals surface area contributed by atoms with Crippen molar-refractivity contribution in [3.63, 3.8) is 0 Å². The molecule has 2 nitrogen and oxygen atoms in total. The summed E-state index contributed by atoms with van der Waals surface area (Å²) in [5, 5.41) is 8.93. The van der Waals surface area contributed by atoms with Crippen molar-refractivity contribution < 1.29 is 9.90 Å². The normalized spacial score (nSPS) is 26.0. The molecule has 0 aliphatic carbocycles. The molecule has 1 heterocycles. The zero-order valence-corrected chi connectivity index (χ0v) is 7.40. The van der Waals surface area contributed by atoms with Crippen LogP contribution in [-0.4, -0.2) is 22.1 Å². The Balaban J connectivity index is 2.25. The van der Waals surface area contributed by atoms with E-state index in [-0.39, 0.29) is 0 Å². The van der Waals surface area contributed by atoms with Gasteiger partial charge in [0.15, 0.2) is 0 Å². The topological polar surface area (TPSA) is 37.3 Å². The Kier molecular flexibility index (Phi) is 3.77. The van der Waals surface area contributed by atoms with Crippen LogP contribution in [0.2, 0.25) is 0 Å². The summed E-state index contributed by atoms with van der Waals surface area (Å²) in [6.07, 6.45) is 5.20. The van der Waals surface area contributed by atoms with Crippen LogP contribution in [0.3, 0.4) is 0 Å². The molecule has 1 atom stereocenters. The molecule has 1 aliphatic heterocycles. The second-order valence-corrected chi connectivity index (χ2v) is 4.35. The third kappa shape index (κ3) is 3.65. The zero-order valence-electron chi connectivity index (χ0n) is 6.58. The first-order chi connectivity index (χ1) is 5.29. The van der Waals surface area contributed by atoms with Gasteiger partial charge in [-0.2, -0.15) is 11.8 Å². The molecule has 64 valence electrons. The van der Waals surface area contributed by atoms with Crippen molar-refractivity contribution in [3.05, 3.63) is 0 Å². The second kappa shape index (κ2) is 4.65. The highest BCUT2D eigenvalue weighted by Crippen LogP contribution is 2.26. The highest BCUT2D eigenvalue weighted by Gasteiger charge is 2.15. The molecule has 0 saturated carbocycles. The van der Waals surface area contributed by atoms with E-state index >= 15 is 0 Å². The summed E-state index contributed by atoms with van der Waals surface area (Å²) in [5.41, 5.74) is 0. The van der Waals surface area contributed by atoms with E-state index in [1.165, 1.54) is 19.3 Å². The lowest BCUT2D eigenvalue weighted by Crippen LogP contribution is -2.08. The standard InChI is InChI=1S/C8H14O2S/c9-8(10)6-7-4-2-1-3-5-11-7/h7H,1-6H2,(H,9,10). The van der Waals surface area contributed by atoms with E-state index in [2.05, 4.69) is 0 Å². The van der Waals surface area contributed by atoms with Crippen LogP contribution in [0.25, 0.3) is 0 Å². The monoisotopic (exact) mass is 174 g/mol. The Labute approximate surface area is 71.4 Å². The molecule has 1 unspecified atom stereocenters.